The number of nitrogens with zero attached hydrogens (tertiary/aromatic N) is 3. The van der Waals surface area contributed by atoms with E-state index in [1.807, 2.05) is 0 Å². The molecule has 1 heterocycles. The van der Waals surface area contributed by atoms with Gasteiger partial charge < -0.3 is 0 Å². The third-order valence-electron chi connectivity index (χ3n) is 1.08. The van der Waals surface area contributed by atoms with E-state index in [1.165, 1.54) is 0 Å². The Hall–Kier alpha value is -1.84. The van der Waals surface area contributed by atoms with Gasteiger partial charge in [-0.25, -0.2) is 4.98 Å². The molecule has 0 aliphatic carbocycles. The van der Waals surface area contributed by atoms with E-state index in [-0.39, 0.29) is 5.82 Å². The van der Waals surface area contributed by atoms with E-state index >= 15 is 0 Å². The molecule has 0 spiro atoms. The fourth-order valence-electron chi connectivity index (χ4n) is 0.588. The normalized spacial score (nSPS) is 11.8. The third kappa shape index (κ3) is 2.30. The molecule has 0 radical (unpaired) electrons. The number of H-pyrrole nitrogens is 1. The van der Waals surface area contributed by atoms with E-state index in [1.54, 1.807) is 11.2 Å². The van der Waals surface area contributed by atoms with Gasteiger partial charge in [0.05, 0.1) is 6.07 Å². The first-order valence-electron chi connectivity index (χ1n) is 3.10. The maximum absolute atomic E-state index is 11.9. The van der Waals surface area contributed by atoms with Gasteiger partial charge >= 0.3 is 6.18 Å². The van der Waals surface area contributed by atoms with Crippen LogP contribution in [0.25, 0.3) is 6.08 Å². The van der Waals surface area contributed by atoms with Crippen LogP contribution in [0.3, 0.4) is 0 Å². The molecule has 1 N–H and O–H groups in total. The van der Waals surface area contributed by atoms with Crippen molar-refractivity contribution in [3.05, 3.63) is 17.7 Å². The molecular formula is C6H3F3N4. The summed E-state index contributed by atoms with van der Waals surface area (Å²) in [5, 5.41) is 13.0. The lowest BCUT2D eigenvalue weighted by Gasteiger charge is -1.97. The Kier molecular flexibility index (Phi) is 2.32. The number of halogens is 3. The van der Waals surface area contributed by atoms with Crippen LogP contribution in [0.5, 0.6) is 0 Å². The van der Waals surface area contributed by atoms with E-state index < -0.39 is 12.0 Å². The summed E-state index contributed by atoms with van der Waals surface area (Å²) in [6.45, 7) is 0. The average Bonchev–Trinajstić information content (AvgIpc) is 2.47. The lowest BCUT2D eigenvalue weighted by Crippen LogP contribution is -2.07. The Morgan fingerprint density at radius 2 is 2.15 bits per heavy atom. The van der Waals surface area contributed by atoms with Crippen LogP contribution < -0.4 is 0 Å². The minimum absolute atomic E-state index is 0.172. The predicted octanol–water partition coefficient (Wildman–Crippen LogP) is 1.36. The van der Waals surface area contributed by atoms with Crippen molar-refractivity contribution in [2.45, 2.75) is 6.18 Å². The van der Waals surface area contributed by atoms with Crippen LogP contribution in [0.1, 0.15) is 11.6 Å². The smallest absolute Gasteiger partial charge is 0.255 e. The summed E-state index contributed by atoms with van der Waals surface area (Å²) in [5.41, 5.74) is 0. The summed E-state index contributed by atoms with van der Waals surface area (Å²) in [4.78, 5) is 3.09. The van der Waals surface area contributed by atoms with Gasteiger partial charge in [-0.05, 0) is 6.08 Å². The van der Waals surface area contributed by atoms with Gasteiger partial charge in [0.1, 0.15) is 0 Å². The first-order chi connectivity index (χ1) is 6.04. The molecule has 4 nitrogen and oxygen atoms in total. The maximum atomic E-state index is 11.9. The van der Waals surface area contributed by atoms with Crippen molar-refractivity contribution < 1.29 is 13.2 Å². The van der Waals surface area contributed by atoms with Crippen molar-refractivity contribution in [3.8, 4) is 6.07 Å². The average molecular weight is 188 g/mol. The standard InChI is InChI=1S/C6H3F3N4/c7-6(8,9)5-11-4(12-13-5)2-1-3-10/h1-2H,(H,11,12,13)/b2-1-. The van der Waals surface area contributed by atoms with Gasteiger partial charge in [0.25, 0.3) is 0 Å². The van der Waals surface area contributed by atoms with E-state index in [2.05, 4.69) is 10.1 Å². The highest BCUT2D eigenvalue weighted by Crippen LogP contribution is 2.25. The zero-order valence-electron chi connectivity index (χ0n) is 6.13. The summed E-state index contributed by atoms with van der Waals surface area (Å²) in [7, 11) is 0. The van der Waals surface area contributed by atoms with Crippen molar-refractivity contribution in [3.63, 3.8) is 0 Å². The van der Waals surface area contributed by atoms with E-state index in [0.717, 1.165) is 12.2 Å². The summed E-state index contributed by atoms with van der Waals surface area (Å²) < 4.78 is 35.7. The van der Waals surface area contributed by atoms with E-state index in [4.69, 9.17) is 5.26 Å². The van der Waals surface area contributed by atoms with Gasteiger partial charge in [-0.1, -0.05) is 0 Å². The van der Waals surface area contributed by atoms with Crippen LogP contribution in [-0.4, -0.2) is 15.2 Å². The number of hydrogen-bond acceptors (Lipinski definition) is 3. The minimum Gasteiger partial charge on any atom is -0.255 e. The Bertz CT molecular complexity index is 357. The molecule has 0 amide bonds. The first kappa shape index (κ1) is 9.25. The lowest BCUT2D eigenvalue weighted by molar-refractivity contribution is -0.144. The molecule has 0 aromatic carbocycles. The molecule has 1 aromatic rings. The molecule has 0 saturated carbocycles. The van der Waals surface area contributed by atoms with Crippen LogP contribution in [-0.2, 0) is 6.18 Å². The molecule has 0 fully saturated rings. The quantitative estimate of drug-likeness (QED) is 0.676. The Balaban J connectivity index is 2.89. The molecular weight excluding hydrogens is 185 g/mol. The van der Waals surface area contributed by atoms with Crippen molar-refractivity contribution in [2.75, 3.05) is 0 Å². The van der Waals surface area contributed by atoms with Crippen LogP contribution in [0.15, 0.2) is 6.08 Å². The predicted molar refractivity (Wildman–Crippen MR) is 36.0 cm³/mol. The number of nitriles is 1. The van der Waals surface area contributed by atoms with Gasteiger partial charge in [-0.15, -0.1) is 0 Å². The van der Waals surface area contributed by atoms with Crippen LogP contribution >= 0.6 is 0 Å². The molecule has 0 aliphatic heterocycles. The summed E-state index contributed by atoms with van der Waals surface area (Å²) in [6.07, 6.45) is -2.47. The van der Waals surface area contributed by atoms with Crippen molar-refractivity contribution in [1.29, 1.82) is 5.26 Å². The van der Waals surface area contributed by atoms with Crippen molar-refractivity contribution in [1.82, 2.24) is 15.2 Å². The van der Waals surface area contributed by atoms with Gasteiger partial charge in [-0.2, -0.15) is 23.5 Å². The third-order valence-corrected chi connectivity index (χ3v) is 1.08. The second kappa shape index (κ2) is 3.26. The number of alkyl halides is 3. The number of aromatic amines is 1. The second-order valence-corrected chi connectivity index (χ2v) is 2.00. The SMILES string of the molecule is N#C/C=C\c1n[nH]c(C(F)(F)F)n1. The summed E-state index contributed by atoms with van der Waals surface area (Å²) in [5.74, 6) is -1.35. The molecule has 0 atom stereocenters. The molecule has 1 aromatic heterocycles. The van der Waals surface area contributed by atoms with Crippen molar-refractivity contribution in [2.24, 2.45) is 0 Å². The minimum atomic E-state index is -4.54. The molecule has 0 bridgehead atoms. The van der Waals surface area contributed by atoms with Gasteiger partial charge in [0.15, 0.2) is 5.82 Å². The van der Waals surface area contributed by atoms with Crippen molar-refractivity contribution >= 4 is 6.08 Å². The van der Waals surface area contributed by atoms with Gasteiger partial charge in [0, 0.05) is 6.08 Å². The summed E-state index contributed by atoms with van der Waals surface area (Å²) in [6, 6.07) is 1.61. The second-order valence-electron chi connectivity index (χ2n) is 2.00. The zero-order chi connectivity index (χ0) is 9.90. The molecule has 13 heavy (non-hydrogen) atoms. The molecule has 0 saturated heterocycles. The number of rotatable bonds is 1. The highest BCUT2D eigenvalue weighted by molar-refractivity contribution is 5.43. The summed E-state index contributed by atoms with van der Waals surface area (Å²) >= 11 is 0. The van der Waals surface area contributed by atoms with E-state index in [9.17, 15) is 13.2 Å². The van der Waals surface area contributed by atoms with Crippen LogP contribution in [0, 0.1) is 11.3 Å². The van der Waals surface area contributed by atoms with Crippen LogP contribution in [0.2, 0.25) is 0 Å². The molecule has 0 unspecified atom stereocenters. The highest BCUT2D eigenvalue weighted by Gasteiger charge is 2.34. The number of nitrogens with one attached hydrogen (secondary N) is 1. The largest absolute Gasteiger partial charge is 0.451 e. The Morgan fingerprint density at radius 3 is 2.62 bits per heavy atom. The van der Waals surface area contributed by atoms with E-state index in [0.29, 0.717) is 0 Å². The fourth-order valence-corrected chi connectivity index (χ4v) is 0.588. The molecule has 7 heteroatoms. The monoisotopic (exact) mass is 188 g/mol. The number of allylic oxidation sites excluding steroid dienone is 1. The number of hydrogen-bond donors (Lipinski definition) is 1. The highest BCUT2D eigenvalue weighted by atomic mass is 19.4. The fraction of sp³-hybridized carbons (Fsp3) is 0.167. The van der Waals surface area contributed by atoms with Gasteiger partial charge in [0.2, 0.25) is 5.82 Å². The lowest BCUT2D eigenvalue weighted by atomic mass is 10.5. The van der Waals surface area contributed by atoms with Gasteiger partial charge in [-0.3, -0.25) is 5.10 Å². The van der Waals surface area contributed by atoms with Crippen LogP contribution in [0.4, 0.5) is 13.2 Å². The zero-order valence-corrected chi connectivity index (χ0v) is 6.13. The molecule has 0 aliphatic rings. The Labute approximate surface area is 70.7 Å². The molecule has 68 valence electrons. The first-order valence-corrected chi connectivity index (χ1v) is 3.10. The topological polar surface area (TPSA) is 65.4 Å². The number of aromatic nitrogens is 3. The Morgan fingerprint density at radius 1 is 1.46 bits per heavy atom. The maximum Gasteiger partial charge on any atom is 0.451 e. The molecule has 1 rings (SSSR count).